The number of hydrogen-bond acceptors (Lipinski definition) is 2. The summed E-state index contributed by atoms with van der Waals surface area (Å²) in [6.45, 7) is 4.59. The van der Waals surface area contributed by atoms with Crippen molar-refractivity contribution in [2.45, 2.75) is 20.3 Å². The molecule has 0 aliphatic carbocycles. The summed E-state index contributed by atoms with van der Waals surface area (Å²) in [6, 6.07) is 11.6. The molecule has 1 aromatic carbocycles. The van der Waals surface area contributed by atoms with Gasteiger partial charge in [0.1, 0.15) is 11.8 Å². The van der Waals surface area contributed by atoms with Gasteiger partial charge in [-0.05, 0) is 37.1 Å². The van der Waals surface area contributed by atoms with Gasteiger partial charge in [-0.1, -0.05) is 19.1 Å². The first kappa shape index (κ1) is 13.9. The van der Waals surface area contributed by atoms with Crippen molar-refractivity contribution in [3.63, 3.8) is 0 Å². The maximum absolute atomic E-state index is 12.2. The Kier molecular flexibility index (Phi) is 4.21. The van der Waals surface area contributed by atoms with Gasteiger partial charge in [0.25, 0.3) is 5.91 Å². The quantitative estimate of drug-likeness (QED) is 0.926. The number of nitriles is 1. The van der Waals surface area contributed by atoms with E-state index in [-0.39, 0.29) is 5.91 Å². The van der Waals surface area contributed by atoms with Crippen molar-refractivity contribution >= 4 is 5.91 Å². The zero-order valence-corrected chi connectivity index (χ0v) is 11.7. The van der Waals surface area contributed by atoms with Gasteiger partial charge in [-0.2, -0.15) is 5.26 Å². The minimum atomic E-state index is -0.213. The van der Waals surface area contributed by atoms with E-state index in [4.69, 9.17) is 5.26 Å². The number of carbonyl (C=O) groups excluding carboxylic acids is 1. The molecule has 0 unspecified atom stereocenters. The van der Waals surface area contributed by atoms with Gasteiger partial charge in [0.15, 0.2) is 0 Å². The Morgan fingerprint density at radius 1 is 1.40 bits per heavy atom. The maximum atomic E-state index is 12.2. The molecule has 1 N–H and O–H groups in total. The molecule has 0 fully saturated rings. The molecular weight excluding hydrogens is 250 g/mol. The Balaban J connectivity index is 2.47. The number of benzene rings is 1. The van der Waals surface area contributed by atoms with E-state index < -0.39 is 0 Å². The summed E-state index contributed by atoms with van der Waals surface area (Å²) < 4.78 is 1.76. The molecule has 0 aliphatic rings. The van der Waals surface area contributed by atoms with Crippen molar-refractivity contribution in [1.82, 2.24) is 9.88 Å². The molecule has 0 radical (unpaired) electrons. The maximum Gasteiger partial charge on any atom is 0.269 e. The monoisotopic (exact) mass is 267 g/mol. The molecule has 0 atom stereocenters. The van der Waals surface area contributed by atoms with Gasteiger partial charge in [-0.3, -0.25) is 4.79 Å². The Morgan fingerprint density at radius 2 is 2.20 bits per heavy atom. The van der Waals surface area contributed by atoms with E-state index in [1.54, 1.807) is 16.8 Å². The van der Waals surface area contributed by atoms with E-state index in [1.807, 2.05) is 38.1 Å². The molecule has 0 spiro atoms. The molecule has 4 heteroatoms. The lowest BCUT2D eigenvalue weighted by Gasteiger charge is -2.10. The number of rotatable bonds is 4. The average Bonchev–Trinajstić information content (AvgIpc) is 2.88. The number of hydrogen-bond donors (Lipinski definition) is 1. The van der Waals surface area contributed by atoms with Crippen molar-refractivity contribution in [3.05, 3.63) is 53.3 Å². The van der Waals surface area contributed by atoms with Gasteiger partial charge in [-0.15, -0.1) is 0 Å². The lowest BCUT2D eigenvalue weighted by molar-refractivity contribution is 0.0946. The first-order valence-electron chi connectivity index (χ1n) is 6.64. The minimum Gasteiger partial charge on any atom is -0.351 e. The largest absolute Gasteiger partial charge is 0.351 e. The van der Waals surface area contributed by atoms with Crippen LogP contribution in [0.15, 0.2) is 36.5 Å². The highest BCUT2D eigenvalue weighted by Crippen LogP contribution is 2.18. The zero-order chi connectivity index (χ0) is 14.5. The van der Waals surface area contributed by atoms with Crippen LogP contribution in [0.25, 0.3) is 5.69 Å². The van der Waals surface area contributed by atoms with Crippen molar-refractivity contribution in [1.29, 1.82) is 5.26 Å². The SMILES string of the molecule is CCCNC(=O)c1c(C#N)ccn1-c1cccc(C)c1. The van der Waals surface area contributed by atoms with Crippen LogP contribution in [0.5, 0.6) is 0 Å². The summed E-state index contributed by atoms with van der Waals surface area (Å²) in [5.74, 6) is -0.213. The molecule has 0 saturated heterocycles. The van der Waals surface area contributed by atoms with Gasteiger partial charge in [0.05, 0.1) is 5.56 Å². The third-order valence-electron chi connectivity index (χ3n) is 3.04. The third kappa shape index (κ3) is 2.72. The standard InChI is InChI=1S/C16H17N3O/c1-3-8-18-16(20)15-13(11-17)7-9-19(15)14-6-4-5-12(2)10-14/h4-7,9-10H,3,8H2,1-2H3,(H,18,20). The smallest absolute Gasteiger partial charge is 0.269 e. The molecular formula is C16H17N3O. The van der Waals surface area contributed by atoms with Crippen LogP contribution >= 0.6 is 0 Å². The van der Waals surface area contributed by atoms with Gasteiger partial charge in [-0.25, -0.2) is 0 Å². The normalized spacial score (nSPS) is 10.1. The Morgan fingerprint density at radius 3 is 2.85 bits per heavy atom. The Labute approximate surface area is 118 Å². The number of carbonyl (C=O) groups is 1. The topological polar surface area (TPSA) is 57.8 Å². The second kappa shape index (κ2) is 6.07. The average molecular weight is 267 g/mol. The van der Waals surface area contributed by atoms with E-state index in [0.29, 0.717) is 17.8 Å². The van der Waals surface area contributed by atoms with E-state index in [2.05, 4.69) is 11.4 Å². The summed E-state index contributed by atoms with van der Waals surface area (Å²) in [5, 5.41) is 12.0. The lowest BCUT2D eigenvalue weighted by atomic mass is 10.2. The minimum absolute atomic E-state index is 0.213. The fourth-order valence-electron chi connectivity index (χ4n) is 2.07. The Hall–Kier alpha value is -2.54. The zero-order valence-electron chi connectivity index (χ0n) is 11.7. The molecule has 1 aromatic heterocycles. The van der Waals surface area contributed by atoms with Crippen molar-refractivity contribution in [2.75, 3.05) is 6.54 Å². The number of aromatic nitrogens is 1. The third-order valence-corrected chi connectivity index (χ3v) is 3.04. The second-order valence-corrected chi connectivity index (χ2v) is 4.65. The molecule has 20 heavy (non-hydrogen) atoms. The van der Waals surface area contributed by atoms with E-state index >= 15 is 0 Å². The lowest BCUT2D eigenvalue weighted by Crippen LogP contribution is -2.27. The molecule has 0 saturated carbocycles. The van der Waals surface area contributed by atoms with Crippen molar-refractivity contribution in [3.8, 4) is 11.8 Å². The first-order chi connectivity index (χ1) is 9.67. The van der Waals surface area contributed by atoms with Gasteiger partial charge < -0.3 is 9.88 Å². The van der Waals surface area contributed by atoms with Crippen LogP contribution < -0.4 is 5.32 Å². The second-order valence-electron chi connectivity index (χ2n) is 4.65. The van der Waals surface area contributed by atoms with E-state index in [0.717, 1.165) is 17.7 Å². The van der Waals surface area contributed by atoms with Crippen LogP contribution in [0.1, 0.15) is 35.0 Å². The summed E-state index contributed by atoms with van der Waals surface area (Å²) in [7, 11) is 0. The van der Waals surface area contributed by atoms with Gasteiger partial charge in [0.2, 0.25) is 0 Å². The fraction of sp³-hybridized carbons (Fsp3) is 0.250. The van der Waals surface area contributed by atoms with Crippen LogP contribution in [0.3, 0.4) is 0 Å². The highest BCUT2D eigenvalue weighted by Gasteiger charge is 2.17. The molecule has 102 valence electrons. The van der Waals surface area contributed by atoms with Crippen LogP contribution in [-0.2, 0) is 0 Å². The predicted molar refractivity (Wildman–Crippen MR) is 77.8 cm³/mol. The molecule has 0 bridgehead atoms. The molecule has 0 aliphatic heterocycles. The van der Waals surface area contributed by atoms with E-state index in [1.165, 1.54) is 0 Å². The predicted octanol–water partition coefficient (Wildman–Crippen LogP) is 2.80. The highest BCUT2D eigenvalue weighted by atomic mass is 16.1. The van der Waals surface area contributed by atoms with Crippen molar-refractivity contribution in [2.24, 2.45) is 0 Å². The number of aryl methyl sites for hydroxylation is 1. The number of nitrogens with zero attached hydrogens (tertiary/aromatic N) is 2. The fourth-order valence-corrected chi connectivity index (χ4v) is 2.07. The molecule has 2 aromatic rings. The summed E-state index contributed by atoms with van der Waals surface area (Å²) >= 11 is 0. The summed E-state index contributed by atoms with van der Waals surface area (Å²) in [6.07, 6.45) is 2.62. The van der Waals surface area contributed by atoms with Crippen LogP contribution in [0.4, 0.5) is 0 Å². The molecule has 2 rings (SSSR count). The number of nitrogens with one attached hydrogen (secondary N) is 1. The highest BCUT2D eigenvalue weighted by molar-refractivity contribution is 5.95. The van der Waals surface area contributed by atoms with Gasteiger partial charge in [0, 0.05) is 18.4 Å². The van der Waals surface area contributed by atoms with Crippen LogP contribution in [-0.4, -0.2) is 17.0 Å². The Bertz CT molecular complexity index is 665. The number of amides is 1. The molecule has 1 amide bonds. The van der Waals surface area contributed by atoms with Gasteiger partial charge >= 0.3 is 0 Å². The van der Waals surface area contributed by atoms with Crippen molar-refractivity contribution < 1.29 is 4.79 Å². The summed E-state index contributed by atoms with van der Waals surface area (Å²) in [4.78, 5) is 12.2. The van der Waals surface area contributed by atoms with E-state index in [9.17, 15) is 4.79 Å². The van der Waals surface area contributed by atoms with Crippen LogP contribution in [0.2, 0.25) is 0 Å². The van der Waals surface area contributed by atoms with Crippen LogP contribution in [0, 0.1) is 18.3 Å². The summed E-state index contributed by atoms with van der Waals surface area (Å²) in [5.41, 5.74) is 2.77. The first-order valence-corrected chi connectivity index (χ1v) is 6.64. The molecule has 4 nitrogen and oxygen atoms in total. The molecule has 1 heterocycles.